The number of nitrogens with one attached hydrogen (secondary N) is 2. The Balaban J connectivity index is 1.76. The SMILES string of the molecule is CCCCNC(=O)C1N([C@H](CO)c2ccccc2)C(=O)[C@@H]2[C@H](C(=O)NCCC)[C@H]3OC12CC3Br. The fraction of sp³-hybridized carbons (Fsp3) is 0.640. The zero-order valence-corrected chi connectivity index (χ0v) is 21.3. The van der Waals surface area contributed by atoms with Crippen LogP contribution in [0.25, 0.3) is 0 Å². The van der Waals surface area contributed by atoms with E-state index in [9.17, 15) is 19.5 Å². The van der Waals surface area contributed by atoms with Crippen molar-refractivity contribution in [3.05, 3.63) is 35.9 Å². The van der Waals surface area contributed by atoms with E-state index in [1.165, 1.54) is 4.90 Å². The lowest BCUT2D eigenvalue weighted by molar-refractivity contribution is -0.145. The van der Waals surface area contributed by atoms with Crippen molar-refractivity contribution in [1.82, 2.24) is 15.5 Å². The first kappa shape index (κ1) is 25.1. The number of aliphatic hydroxyl groups excluding tert-OH is 1. The molecule has 8 nitrogen and oxygen atoms in total. The quantitative estimate of drug-likeness (QED) is 0.313. The first-order valence-corrected chi connectivity index (χ1v) is 13.2. The summed E-state index contributed by atoms with van der Waals surface area (Å²) >= 11 is 3.67. The van der Waals surface area contributed by atoms with E-state index in [2.05, 4.69) is 26.6 Å². The number of carbonyl (C=O) groups excluding carboxylic acids is 3. The van der Waals surface area contributed by atoms with Gasteiger partial charge in [-0.05, 0) is 24.8 Å². The van der Waals surface area contributed by atoms with Gasteiger partial charge in [0.1, 0.15) is 11.6 Å². The van der Waals surface area contributed by atoms with Crippen molar-refractivity contribution in [2.75, 3.05) is 19.7 Å². The Bertz CT molecular complexity index is 915. The topological polar surface area (TPSA) is 108 Å². The first-order valence-electron chi connectivity index (χ1n) is 12.3. The van der Waals surface area contributed by atoms with Crippen LogP contribution in [0.2, 0.25) is 0 Å². The number of rotatable bonds is 10. The molecule has 0 aromatic heterocycles. The highest BCUT2D eigenvalue weighted by atomic mass is 79.9. The molecule has 1 aromatic rings. The van der Waals surface area contributed by atoms with Crippen molar-refractivity contribution in [3.63, 3.8) is 0 Å². The molecule has 186 valence electrons. The third-order valence-electron chi connectivity index (χ3n) is 7.35. The van der Waals surface area contributed by atoms with Crippen molar-refractivity contribution in [1.29, 1.82) is 0 Å². The van der Waals surface area contributed by atoms with Crippen LogP contribution in [-0.2, 0) is 19.1 Å². The Morgan fingerprint density at radius 3 is 2.53 bits per heavy atom. The molecule has 7 atom stereocenters. The van der Waals surface area contributed by atoms with Crippen LogP contribution in [0.1, 0.15) is 51.1 Å². The molecule has 9 heteroatoms. The van der Waals surface area contributed by atoms with Crippen LogP contribution >= 0.6 is 15.9 Å². The van der Waals surface area contributed by atoms with Crippen molar-refractivity contribution in [2.24, 2.45) is 11.8 Å². The summed E-state index contributed by atoms with van der Waals surface area (Å²) in [7, 11) is 0. The van der Waals surface area contributed by atoms with E-state index in [0.29, 0.717) is 19.5 Å². The number of hydrogen-bond donors (Lipinski definition) is 3. The van der Waals surface area contributed by atoms with Gasteiger partial charge in [-0.25, -0.2) is 0 Å². The minimum Gasteiger partial charge on any atom is -0.394 e. The lowest BCUT2D eigenvalue weighted by atomic mass is 9.70. The van der Waals surface area contributed by atoms with Gasteiger partial charge in [-0.15, -0.1) is 0 Å². The van der Waals surface area contributed by atoms with Crippen LogP contribution in [0.5, 0.6) is 0 Å². The highest BCUT2D eigenvalue weighted by Crippen LogP contribution is 2.61. The number of unbranched alkanes of at least 4 members (excludes halogenated alkanes) is 1. The van der Waals surface area contributed by atoms with Gasteiger partial charge >= 0.3 is 0 Å². The number of amides is 3. The van der Waals surface area contributed by atoms with Gasteiger partial charge in [0.15, 0.2) is 0 Å². The second-order valence-corrected chi connectivity index (χ2v) is 10.6. The molecule has 0 radical (unpaired) electrons. The maximum Gasteiger partial charge on any atom is 0.245 e. The molecule has 3 fully saturated rings. The summed E-state index contributed by atoms with van der Waals surface area (Å²) in [6.45, 7) is 4.67. The zero-order valence-electron chi connectivity index (χ0n) is 19.7. The minimum absolute atomic E-state index is 0.149. The molecule has 3 amide bonds. The monoisotopic (exact) mass is 535 g/mol. The summed E-state index contributed by atoms with van der Waals surface area (Å²) in [6, 6.07) is 7.56. The molecule has 34 heavy (non-hydrogen) atoms. The van der Waals surface area contributed by atoms with Gasteiger partial charge in [-0.2, -0.15) is 0 Å². The number of carbonyl (C=O) groups is 3. The molecule has 3 N–H and O–H groups in total. The standard InChI is InChI=1S/C25H34BrN3O5/c1-3-5-12-28-23(32)21-25-13-16(26)20(34-25)18(22(31)27-11-4-2)19(25)24(33)29(21)17(14-30)15-9-7-6-8-10-15/h6-10,16-21,30H,3-5,11-14H2,1-2H3,(H,27,31)(H,28,32)/t16?,17-,18+,19+,20+,21?,25?/m1/s1. The van der Waals surface area contributed by atoms with Crippen LogP contribution in [0.3, 0.4) is 0 Å². The van der Waals surface area contributed by atoms with E-state index >= 15 is 0 Å². The maximum absolute atomic E-state index is 14.0. The Labute approximate surface area is 208 Å². The summed E-state index contributed by atoms with van der Waals surface area (Å²) in [5, 5.41) is 16.3. The van der Waals surface area contributed by atoms with E-state index in [1.54, 1.807) is 0 Å². The molecule has 1 spiro atoms. The van der Waals surface area contributed by atoms with Gasteiger partial charge in [0.2, 0.25) is 17.7 Å². The number of fused-ring (bicyclic) bond motifs is 1. The molecule has 3 aliphatic heterocycles. The Kier molecular flexibility index (Phi) is 7.64. The summed E-state index contributed by atoms with van der Waals surface area (Å²) in [5.74, 6) is -2.29. The van der Waals surface area contributed by atoms with Crippen molar-refractivity contribution >= 4 is 33.7 Å². The normalized spacial score (nSPS) is 32.5. The van der Waals surface area contributed by atoms with Crippen LogP contribution < -0.4 is 10.6 Å². The van der Waals surface area contributed by atoms with Crippen LogP contribution in [0, 0.1) is 11.8 Å². The molecule has 3 aliphatic rings. The second-order valence-electron chi connectivity index (χ2n) is 9.45. The average Bonchev–Trinajstić information content (AvgIpc) is 3.43. The molecular weight excluding hydrogens is 502 g/mol. The average molecular weight is 536 g/mol. The Morgan fingerprint density at radius 2 is 1.88 bits per heavy atom. The highest BCUT2D eigenvalue weighted by Gasteiger charge is 2.77. The third-order valence-corrected chi connectivity index (χ3v) is 8.19. The molecule has 2 bridgehead atoms. The second kappa shape index (κ2) is 10.3. The summed E-state index contributed by atoms with van der Waals surface area (Å²) in [6.07, 6.45) is 2.48. The summed E-state index contributed by atoms with van der Waals surface area (Å²) < 4.78 is 6.47. The van der Waals surface area contributed by atoms with Gasteiger partial charge in [-0.3, -0.25) is 14.4 Å². The van der Waals surface area contributed by atoms with Crippen molar-refractivity contribution < 1.29 is 24.2 Å². The predicted molar refractivity (Wildman–Crippen MR) is 130 cm³/mol. The fourth-order valence-corrected chi connectivity index (χ4v) is 6.83. The van der Waals surface area contributed by atoms with Gasteiger partial charge in [0.25, 0.3) is 0 Å². The number of hydrogen-bond acceptors (Lipinski definition) is 5. The molecule has 1 aromatic carbocycles. The van der Waals surface area contributed by atoms with Gasteiger partial charge in [0, 0.05) is 17.9 Å². The van der Waals surface area contributed by atoms with Gasteiger partial charge in [-0.1, -0.05) is 66.5 Å². The molecule has 4 rings (SSSR count). The summed E-state index contributed by atoms with van der Waals surface area (Å²) in [4.78, 5) is 42.2. The van der Waals surface area contributed by atoms with E-state index in [-0.39, 0.29) is 29.2 Å². The van der Waals surface area contributed by atoms with E-state index in [1.807, 2.05) is 44.2 Å². The van der Waals surface area contributed by atoms with Crippen LogP contribution in [0.4, 0.5) is 0 Å². The lowest BCUT2D eigenvalue weighted by Gasteiger charge is -2.37. The van der Waals surface area contributed by atoms with E-state index in [4.69, 9.17) is 4.74 Å². The number of aliphatic hydroxyl groups is 1. The number of likely N-dealkylation sites (tertiary alicyclic amines) is 1. The first-order chi connectivity index (χ1) is 16.4. The molecule has 3 saturated heterocycles. The molecule has 0 saturated carbocycles. The minimum atomic E-state index is -1.12. The van der Waals surface area contributed by atoms with Crippen LogP contribution in [-0.4, -0.2) is 70.0 Å². The zero-order chi connectivity index (χ0) is 24.5. The number of nitrogens with zero attached hydrogens (tertiary/aromatic N) is 1. The number of halogens is 1. The van der Waals surface area contributed by atoms with Crippen molar-refractivity contribution in [3.8, 4) is 0 Å². The molecule has 3 unspecified atom stereocenters. The Hall–Kier alpha value is -1.97. The lowest BCUT2D eigenvalue weighted by Crippen LogP contribution is -2.56. The van der Waals surface area contributed by atoms with Gasteiger partial charge in [0.05, 0.1) is 30.6 Å². The summed E-state index contributed by atoms with van der Waals surface area (Å²) in [5.41, 5.74) is -0.388. The largest absolute Gasteiger partial charge is 0.394 e. The highest BCUT2D eigenvalue weighted by molar-refractivity contribution is 9.09. The van der Waals surface area contributed by atoms with Crippen LogP contribution in [0.15, 0.2) is 30.3 Å². The molecular formula is C25H34BrN3O5. The Morgan fingerprint density at radius 1 is 1.18 bits per heavy atom. The fourth-order valence-electron chi connectivity index (χ4n) is 5.88. The van der Waals surface area contributed by atoms with E-state index < -0.39 is 35.6 Å². The maximum atomic E-state index is 14.0. The van der Waals surface area contributed by atoms with Crippen molar-refractivity contribution in [2.45, 2.75) is 68.1 Å². The molecule has 3 heterocycles. The molecule has 0 aliphatic carbocycles. The van der Waals surface area contributed by atoms with E-state index in [0.717, 1.165) is 24.8 Å². The number of alkyl halides is 1. The number of benzene rings is 1. The smallest absolute Gasteiger partial charge is 0.245 e. The number of ether oxygens (including phenoxy) is 1. The third kappa shape index (κ3) is 4.05. The predicted octanol–water partition coefficient (Wildman–Crippen LogP) is 1.91. The van der Waals surface area contributed by atoms with Gasteiger partial charge < -0.3 is 25.4 Å².